The number of nitrogens with zero attached hydrogens (tertiary/aromatic N) is 2. The molecule has 4 bridgehead atoms. The number of hydrogen-bond donors (Lipinski definition) is 0. The van der Waals surface area contributed by atoms with Crippen LogP contribution in [-0.4, -0.2) is 46.1 Å². The van der Waals surface area contributed by atoms with Gasteiger partial charge >= 0.3 is 0 Å². The van der Waals surface area contributed by atoms with E-state index in [1.807, 2.05) is 0 Å². The summed E-state index contributed by atoms with van der Waals surface area (Å²) in [5.41, 5.74) is 3.30. The van der Waals surface area contributed by atoms with Gasteiger partial charge < -0.3 is 0 Å². The second-order valence-corrected chi connectivity index (χ2v) is 16.0. The van der Waals surface area contributed by atoms with Crippen LogP contribution in [0.3, 0.4) is 0 Å². The van der Waals surface area contributed by atoms with Crippen LogP contribution in [0.2, 0.25) is 0 Å². The van der Waals surface area contributed by atoms with Crippen molar-refractivity contribution < 1.29 is 0 Å². The summed E-state index contributed by atoms with van der Waals surface area (Å²) in [6.07, 6.45) is 11.9. The van der Waals surface area contributed by atoms with Crippen molar-refractivity contribution in [3.8, 4) is 0 Å². The van der Waals surface area contributed by atoms with E-state index in [4.69, 9.17) is 0 Å². The fraction of sp³-hybridized carbons (Fsp3) is 1.00. The molecule has 0 aromatic carbocycles. The molecule has 2 heterocycles. The highest BCUT2D eigenvalue weighted by Crippen LogP contribution is 2.72. The topological polar surface area (TPSA) is 6.48 Å². The predicted molar refractivity (Wildman–Crippen MR) is 137 cm³/mol. The Balaban J connectivity index is 0.000000135. The second-order valence-electron chi connectivity index (χ2n) is 16.0. The van der Waals surface area contributed by atoms with Gasteiger partial charge in [0, 0.05) is 23.2 Å². The minimum atomic E-state index is 0.370. The zero-order valence-corrected chi connectivity index (χ0v) is 23.3. The SMILES string of the molecule is CC(C)(C)N1CC[C@@]23CCC(CC12)C3(C)C.CC(C)(C)N1CC[C@@]23CC[C@@H](C[C@H]12)C3(C)C. The van der Waals surface area contributed by atoms with Crippen LogP contribution in [0.1, 0.15) is 121 Å². The first-order valence-corrected chi connectivity index (χ1v) is 14.1. The van der Waals surface area contributed by atoms with Crippen molar-refractivity contribution in [1.82, 2.24) is 9.80 Å². The van der Waals surface area contributed by atoms with Gasteiger partial charge in [0.1, 0.15) is 0 Å². The summed E-state index contributed by atoms with van der Waals surface area (Å²) < 4.78 is 0. The highest BCUT2D eigenvalue weighted by Gasteiger charge is 2.69. The van der Waals surface area contributed by atoms with Crippen molar-refractivity contribution in [2.45, 2.75) is 144 Å². The molecular formula is C30H54N2. The first kappa shape index (κ1) is 23.7. The third-order valence-electron chi connectivity index (χ3n) is 12.9. The van der Waals surface area contributed by atoms with Gasteiger partial charge in [-0.1, -0.05) is 27.7 Å². The van der Waals surface area contributed by atoms with Crippen molar-refractivity contribution in [1.29, 1.82) is 0 Å². The monoisotopic (exact) mass is 442 g/mol. The van der Waals surface area contributed by atoms with Gasteiger partial charge in [-0.2, -0.15) is 0 Å². The lowest BCUT2D eigenvalue weighted by atomic mass is 9.67. The summed E-state index contributed by atoms with van der Waals surface area (Å²) >= 11 is 0. The summed E-state index contributed by atoms with van der Waals surface area (Å²) in [6, 6.07) is 1.78. The van der Waals surface area contributed by atoms with Gasteiger partial charge in [-0.15, -0.1) is 0 Å². The van der Waals surface area contributed by atoms with E-state index in [-0.39, 0.29) is 0 Å². The molecule has 6 aliphatic rings. The highest BCUT2D eigenvalue weighted by molar-refractivity contribution is 5.20. The molecule has 184 valence electrons. The lowest BCUT2D eigenvalue weighted by Crippen LogP contribution is -2.48. The van der Waals surface area contributed by atoms with Crippen LogP contribution in [-0.2, 0) is 0 Å². The number of likely N-dealkylation sites (tertiary alicyclic amines) is 2. The Morgan fingerprint density at radius 3 is 1.19 bits per heavy atom. The molecule has 0 radical (unpaired) electrons. The van der Waals surface area contributed by atoms with Crippen LogP contribution < -0.4 is 0 Å². The molecule has 6 rings (SSSR count). The van der Waals surface area contributed by atoms with Gasteiger partial charge in [0.2, 0.25) is 0 Å². The van der Waals surface area contributed by atoms with E-state index >= 15 is 0 Å². The Hall–Kier alpha value is -0.0800. The van der Waals surface area contributed by atoms with Gasteiger partial charge in [-0.05, 0) is 139 Å². The van der Waals surface area contributed by atoms with E-state index in [0.29, 0.717) is 32.7 Å². The number of fused-ring (bicyclic) bond motifs is 2. The molecular weight excluding hydrogens is 388 g/mol. The summed E-state index contributed by atoms with van der Waals surface area (Å²) in [4.78, 5) is 5.63. The smallest absolute Gasteiger partial charge is 0.0165 e. The Bertz CT molecular complexity index is 688. The Morgan fingerprint density at radius 2 is 0.906 bits per heavy atom. The highest BCUT2D eigenvalue weighted by atomic mass is 15.3. The molecule has 2 aliphatic heterocycles. The van der Waals surface area contributed by atoms with Gasteiger partial charge in [0.05, 0.1) is 0 Å². The molecule has 6 atom stereocenters. The fourth-order valence-corrected chi connectivity index (χ4v) is 10.7. The van der Waals surface area contributed by atoms with E-state index in [1.165, 1.54) is 64.5 Å². The molecule has 2 heteroatoms. The van der Waals surface area contributed by atoms with Gasteiger partial charge in [-0.25, -0.2) is 0 Å². The normalized spacial score (nSPS) is 46.3. The maximum atomic E-state index is 2.81. The van der Waals surface area contributed by atoms with Gasteiger partial charge in [0.25, 0.3) is 0 Å². The number of hydrogen-bond acceptors (Lipinski definition) is 2. The van der Waals surface area contributed by atoms with Gasteiger partial charge in [-0.3, -0.25) is 9.80 Å². The van der Waals surface area contributed by atoms with E-state index < -0.39 is 0 Å². The van der Waals surface area contributed by atoms with E-state index in [9.17, 15) is 0 Å². The molecule has 2 spiro atoms. The zero-order chi connectivity index (χ0) is 23.5. The van der Waals surface area contributed by atoms with Crippen molar-refractivity contribution in [3.63, 3.8) is 0 Å². The quantitative estimate of drug-likeness (QED) is 0.386. The minimum absolute atomic E-state index is 0.370. The molecule has 0 aromatic rings. The molecule has 0 amide bonds. The van der Waals surface area contributed by atoms with Gasteiger partial charge in [0.15, 0.2) is 0 Å². The maximum absolute atomic E-state index is 2.81. The molecule has 4 aliphatic carbocycles. The first-order valence-electron chi connectivity index (χ1n) is 14.1. The zero-order valence-electron chi connectivity index (χ0n) is 23.3. The molecule has 6 fully saturated rings. The molecule has 4 saturated carbocycles. The predicted octanol–water partition coefficient (Wildman–Crippen LogP) is 7.37. The average Bonchev–Trinajstić information content (AvgIpc) is 3.43. The molecule has 2 nitrogen and oxygen atoms in total. The number of rotatable bonds is 0. The summed E-state index contributed by atoms with van der Waals surface area (Å²) in [6.45, 7) is 27.2. The van der Waals surface area contributed by atoms with Crippen LogP contribution in [0.15, 0.2) is 0 Å². The van der Waals surface area contributed by atoms with Crippen molar-refractivity contribution in [2.24, 2.45) is 33.5 Å². The van der Waals surface area contributed by atoms with Crippen molar-refractivity contribution in [2.75, 3.05) is 13.1 Å². The molecule has 2 unspecified atom stereocenters. The van der Waals surface area contributed by atoms with E-state index in [1.54, 1.807) is 0 Å². The van der Waals surface area contributed by atoms with E-state index in [2.05, 4.69) is 79.0 Å². The van der Waals surface area contributed by atoms with Crippen LogP contribution in [0.4, 0.5) is 0 Å². The van der Waals surface area contributed by atoms with Crippen LogP contribution >= 0.6 is 0 Å². The average molecular weight is 443 g/mol. The summed E-state index contributed by atoms with van der Waals surface area (Å²) in [5, 5.41) is 0. The first-order chi connectivity index (χ1) is 14.6. The molecule has 32 heavy (non-hydrogen) atoms. The largest absolute Gasteiger partial charge is 0.295 e. The standard InChI is InChI=1S/2C15H27N/c2*1-13(2,3)16-9-8-15-7-6-11(10-12(15)16)14(15,4)5/h2*11-12H,6-10H2,1-5H3/t11?,12?,15-;11-,12-,15-/m00/s1. The lowest BCUT2D eigenvalue weighted by molar-refractivity contribution is 0.0570. The van der Waals surface area contributed by atoms with Crippen LogP contribution in [0.5, 0.6) is 0 Å². The van der Waals surface area contributed by atoms with Crippen LogP contribution in [0.25, 0.3) is 0 Å². The van der Waals surface area contributed by atoms with Crippen molar-refractivity contribution >= 4 is 0 Å². The summed E-state index contributed by atoms with van der Waals surface area (Å²) in [7, 11) is 0. The fourth-order valence-electron chi connectivity index (χ4n) is 10.7. The third-order valence-corrected chi connectivity index (χ3v) is 12.9. The van der Waals surface area contributed by atoms with E-state index in [0.717, 1.165) is 23.9 Å². The third kappa shape index (κ3) is 2.84. The lowest BCUT2D eigenvalue weighted by Gasteiger charge is -2.43. The minimum Gasteiger partial charge on any atom is -0.295 e. The molecule has 0 aromatic heterocycles. The Labute approximate surface area is 200 Å². The van der Waals surface area contributed by atoms with Crippen molar-refractivity contribution in [3.05, 3.63) is 0 Å². The molecule has 2 saturated heterocycles. The Kier molecular flexibility index (Phi) is 5.01. The Morgan fingerprint density at radius 1 is 0.562 bits per heavy atom. The molecule has 0 N–H and O–H groups in total. The van der Waals surface area contributed by atoms with Crippen LogP contribution in [0, 0.1) is 33.5 Å². The second kappa shape index (κ2) is 6.77. The maximum Gasteiger partial charge on any atom is 0.0165 e. The summed E-state index contributed by atoms with van der Waals surface area (Å²) in [5.74, 6) is 2.00.